The van der Waals surface area contributed by atoms with Crippen molar-refractivity contribution in [2.75, 3.05) is 6.54 Å². The normalized spacial score (nSPS) is 12.8. The molecule has 1 aromatic heterocycles. The van der Waals surface area contributed by atoms with E-state index in [-0.39, 0.29) is 6.04 Å². The first-order valence-corrected chi connectivity index (χ1v) is 8.19. The standard InChI is InChI=1S/C17H24N2S/c1-5-10-18-17(16-11-19-13(4)20-16)15-8-6-14(7-9-15)12(2)3/h6-9,11-12,17-18H,5,10H2,1-4H3. The summed E-state index contributed by atoms with van der Waals surface area (Å²) >= 11 is 1.78. The van der Waals surface area contributed by atoms with E-state index in [0.29, 0.717) is 5.92 Å². The van der Waals surface area contributed by atoms with E-state index in [4.69, 9.17) is 0 Å². The quantitative estimate of drug-likeness (QED) is 0.836. The van der Waals surface area contributed by atoms with Crippen molar-refractivity contribution in [2.45, 2.75) is 46.1 Å². The molecule has 0 bridgehead atoms. The highest BCUT2D eigenvalue weighted by Gasteiger charge is 2.16. The minimum Gasteiger partial charge on any atom is -0.306 e. The smallest absolute Gasteiger partial charge is 0.0897 e. The van der Waals surface area contributed by atoms with E-state index in [0.717, 1.165) is 18.0 Å². The van der Waals surface area contributed by atoms with Crippen molar-refractivity contribution in [1.82, 2.24) is 10.3 Å². The zero-order valence-electron chi connectivity index (χ0n) is 12.8. The largest absolute Gasteiger partial charge is 0.306 e. The maximum Gasteiger partial charge on any atom is 0.0897 e. The van der Waals surface area contributed by atoms with Crippen molar-refractivity contribution < 1.29 is 0 Å². The number of aromatic nitrogens is 1. The molecular formula is C17H24N2S. The van der Waals surface area contributed by atoms with E-state index >= 15 is 0 Å². The molecule has 0 radical (unpaired) electrons. The third-order valence-corrected chi connectivity index (χ3v) is 4.44. The Bertz CT molecular complexity index is 528. The molecule has 0 saturated heterocycles. The van der Waals surface area contributed by atoms with E-state index in [1.54, 1.807) is 11.3 Å². The van der Waals surface area contributed by atoms with Crippen LogP contribution in [-0.4, -0.2) is 11.5 Å². The van der Waals surface area contributed by atoms with Gasteiger partial charge in [0.15, 0.2) is 0 Å². The van der Waals surface area contributed by atoms with Gasteiger partial charge in [0, 0.05) is 11.1 Å². The molecule has 1 unspecified atom stereocenters. The van der Waals surface area contributed by atoms with Gasteiger partial charge in [-0.05, 0) is 36.9 Å². The Morgan fingerprint density at radius 2 is 1.80 bits per heavy atom. The molecule has 2 aromatic rings. The molecule has 1 atom stereocenters. The van der Waals surface area contributed by atoms with Gasteiger partial charge in [-0.3, -0.25) is 0 Å². The first kappa shape index (κ1) is 15.2. The van der Waals surface area contributed by atoms with Crippen LogP contribution in [0.1, 0.15) is 60.2 Å². The van der Waals surface area contributed by atoms with Crippen LogP contribution in [0.4, 0.5) is 0 Å². The molecule has 20 heavy (non-hydrogen) atoms. The van der Waals surface area contributed by atoms with Crippen molar-refractivity contribution in [3.05, 3.63) is 51.5 Å². The predicted octanol–water partition coefficient (Wildman–Crippen LogP) is 4.66. The number of hydrogen-bond acceptors (Lipinski definition) is 3. The third kappa shape index (κ3) is 3.68. The van der Waals surface area contributed by atoms with Crippen LogP contribution < -0.4 is 5.32 Å². The van der Waals surface area contributed by atoms with Gasteiger partial charge in [0.1, 0.15) is 0 Å². The van der Waals surface area contributed by atoms with Gasteiger partial charge in [0.2, 0.25) is 0 Å². The summed E-state index contributed by atoms with van der Waals surface area (Å²) in [5.74, 6) is 0.580. The van der Waals surface area contributed by atoms with Gasteiger partial charge in [-0.15, -0.1) is 11.3 Å². The van der Waals surface area contributed by atoms with Crippen molar-refractivity contribution in [1.29, 1.82) is 0 Å². The molecule has 0 amide bonds. The molecular weight excluding hydrogens is 264 g/mol. The van der Waals surface area contributed by atoms with Crippen LogP contribution in [0.25, 0.3) is 0 Å². The summed E-state index contributed by atoms with van der Waals surface area (Å²) in [6.07, 6.45) is 3.14. The molecule has 3 heteroatoms. The SMILES string of the molecule is CCCNC(c1ccc(C(C)C)cc1)c1cnc(C)s1. The maximum absolute atomic E-state index is 4.40. The molecule has 0 aliphatic heterocycles. The van der Waals surface area contributed by atoms with Crippen LogP contribution in [0.2, 0.25) is 0 Å². The Morgan fingerprint density at radius 1 is 1.15 bits per heavy atom. The number of hydrogen-bond donors (Lipinski definition) is 1. The summed E-state index contributed by atoms with van der Waals surface area (Å²) in [6, 6.07) is 9.25. The first-order valence-electron chi connectivity index (χ1n) is 7.37. The lowest BCUT2D eigenvalue weighted by Crippen LogP contribution is -2.22. The van der Waals surface area contributed by atoms with E-state index in [9.17, 15) is 0 Å². The zero-order valence-corrected chi connectivity index (χ0v) is 13.6. The van der Waals surface area contributed by atoms with Gasteiger partial charge < -0.3 is 5.32 Å². The first-order chi connectivity index (χ1) is 9.61. The van der Waals surface area contributed by atoms with E-state index < -0.39 is 0 Å². The minimum absolute atomic E-state index is 0.266. The second-order valence-corrected chi connectivity index (χ2v) is 6.76. The van der Waals surface area contributed by atoms with Crippen LogP contribution in [0.3, 0.4) is 0 Å². The van der Waals surface area contributed by atoms with Gasteiger partial charge in [-0.2, -0.15) is 0 Å². The molecule has 2 rings (SSSR count). The van der Waals surface area contributed by atoms with Crippen molar-refractivity contribution in [3.8, 4) is 0 Å². The molecule has 2 nitrogen and oxygen atoms in total. The average Bonchev–Trinajstić information content (AvgIpc) is 2.86. The van der Waals surface area contributed by atoms with Gasteiger partial charge in [0.05, 0.1) is 11.0 Å². The maximum atomic E-state index is 4.40. The number of benzene rings is 1. The molecule has 1 aromatic carbocycles. The third-order valence-electron chi connectivity index (χ3n) is 3.46. The molecule has 0 saturated carbocycles. The van der Waals surface area contributed by atoms with Crippen LogP contribution in [-0.2, 0) is 0 Å². The molecule has 0 aliphatic carbocycles. The zero-order chi connectivity index (χ0) is 14.5. The van der Waals surface area contributed by atoms with Crippen LogP contribution in [0, 0.1) is 6.92 Å². The predicted molar refractivity (Wildman–Crippen MR) is 87.5 cm³/mol. The lowest BCUT2D eigenvalue weighted by atomic mass is 9.98. The second-order valence-electron chi connectivity index (χ2n) is 5.49. The molecule has 1 heterocycles. The van der Waals surface area contributed by atoms with Crippen LogP contribution in [0.15, 0.2) is 30.5 Å². The second kappa shape index (κ2) is 7.00. The van der Waals surface area contributed by atoms with Gasteiger partial charge in [-0.1, -0.05) is 45.0 Å². The van der Waals surface area contributed by atoms with Gasteiger partial charge in [0.25, 0.3) is 0 Å². The highest BCUT2D eigenvalue weighted by atomic mass is 32.1. The molecule has 1 N–H and O–H groups in total. The molecule has 108 valence electrons. The van der Waals surface area contributed by atoms with E-state index in [1.807, 2.05) is 6.20 Å². The Hall–Kier alpha value is -1.19. The Morgan fingerprint density at radius 3 is 2.30 bits per heavy atom. The number of nitrogens with zero attached hydrogens (tertiary/aromatic N) is 1. The molecule has 0 fully saturated rings. The minimum atomic E-state index is 0.266. The fourth-order valence-electron chi connectivity index (χ4n) is 2.26. The van der Waals surface area contributed by atoms with Gasteiger partial charge >= 0.3 is 0 Å². The summed E-state index contributed by atoms with van der Waals surface area (Å²) in [5.41, 5.74) is 2.72. The fraction of sp³-hybridized carbons (Fsp3) is 0.471. The fourth-order valence-corrected chi connectivity index (χ4v) is 3.15. The molecule has 0 spiro atoms. The van der Waals surface area contributed by atoms with Crippen molar-refractivity contribution in [3.63, 3.8) is 0 Å². The van der Waals surface area contributed by atoms with Crippen molar-refractivity contribution >= 4 is 11.3 Å². The number of nitrogens with one attached hydrogen (secondary N) is 1. The topological polar surface area (TPSA) is 24.9 Å². The van der Waals surface area contributed by atoms with Crippen LogP contribution >= 0.6 is 11.3 Å². The van der Waals surface area contributed by atoms with E-state index in [2.05, 4.69) is 62.3 Å². The number of thiazole rings is 1. The van der Waals surface area contributed by atoms with Crippen LogP contribution in [0.5, 0.6) is 0 Å². The summed E-state index contributed by atoms with van der Waals surface area (Å²) in [7, 11) is 0. The lowest BCUT2D eigenvalue weighted by Gasteiger charge is -2.18. The summed E-state index contributed by atoms with van der Waals surface area (Å²) in [5, 5.41) is 4.76. The Labute approximate surface area is 126 Å². The number of rotatable bonds is 6. The Kier molecular flexibility index (Phi) is 5.32. The number of aryl methyl sites for hydroxylation is 1. The van der Waals surface area contributed by atoms with Crippen molar-refractivity contribution in [2.24, 2.45) is 0 Å². The Balaban J connectivity index is 2.26. The van der Waals surface area contributed by atoms with Gasteiger partial charge in [-0.25, -0.2) is 4.98 Å². The lowest BCUT2D eigenvalue weighted by molar-refractivity contribution is 0.605. The monoisotopic (exact) mass is 288 g/mol. The summed E-state index contributed by atoms with van der Waals surface area (Å²) in [6.45, 7) is 9.74. The average molecular weight is 288 g/mol. The highest BCUT2D eigenvalue weighted by Crippen LogP contribution is 2.28. The van der Waals surface area contributed by atoms with E-state index in [1.165, 1.54) is 16.0 Å². The molecule has 0 aliphatic rings. The summed E-state index contributed by atoms with van der Waals surface area (Å²) in [4.78, 5) is 5.69. The summed E-state index contributed by atoms with van der Waals surface area (Å²) < 4.78 is 0. The highest BCUT2D eigenvalue weighted by molar-refractivity contribution is 7.11.